The number of aliphatic hydroxyl groups is 1. The Morgan fingerprint density at radius 3 is 2.50 bits per heavy atom. The van der Waals surface area contributed by atoms with Crippen LogP contribution in [-0.2, 0) is 7.05 Å². The van der Waals surface area contributed by atoms with E-state index in [4.69, 9.17) is 28.2 Å². The molecule has 0 fully saturated rings. The SMILES string of the molecule is Cn1c(=S)oc2cc(C(O)c3ccc(Cl)cc3)ccc21. The number of nitrogens with zero attached hydrogens (tertiary/aromatic N) is 1. The van der Waals surface area contributed by atoms with Gasteiger partial charge in [0.05, 0.1) is 5.52 Å². The van der Waals surface area contributed by atoms with Crippen LogP contribution in [0, 0.1) is 4.84 Å². The number of benzene rings is 2. The molecule has 0 aliphatic rings. The van der Waals surface area contributed by atoms with Gasteiger partial charge in [-0.2, -0.15) is 0 Å². The molecule has 0 saturated carbocycles. The van der Waals surface area contributed by atoms with Gasteiger partial charge < -0.3 is 14.1 Å². The average Bonchev–Trinajstić information content (AvgIpc) is 2.74. The van der Waals surface area contributed by atoms with Crippen LogP contribution in [0.3, 0.4) is 0 Å². The summed E-state index contributed by atoms with van der Waals surface area (Å²) < 4.78 is 7.28. The van der Waals surface area contributed by atoms with Crippen molar-refractivity contribution in [3.8, 4) is 0 Å². The summed E-state index contributed by atoms with van der Waals surface area (Å²) in [5.74, 6) is 0. The largest absolute Gasteiger partial charge is 0.429 e. The summed E-state index contributed by atoms with van der Waals surface area (Å²) in [6.07, 6.45) is -0.722. The number of fused-ring (bicyclic) bond motifs is 1. The summed E-state index contributed by atoms with van der Waals surface area (Å²) in [5, 5.41) is 11.0. The molecular weight excluding hydrogens is 294 g/mol. The van der Waals surface area contributed by atoms with Gasteiger partial charge in [0.25, 0.3) is 4.84 Å². The van der Waals surface area contributed by atoms with Crippen LogP contribution in [0.25, 0.3) is 11.1 Å². The summed E-state index contributed by atoms with van der Waals surface area (Å²) in [6, 6.07) is 12.7. The molecule has 3 nitrogen and oxygen atoms in total. The van der Waals surface area contributed by atoms with Gasteiger partial charge in [-0.3, -0.25) is 0 Å². The first-order chi connectivity index (χ1) is 9.56. The molecule has 1 heterocycles. The lowest BCUT2D eigenvalue weighted by molar-refractivity contribution is 0.220. The molecule has 1 aromatic heterocycles. The number of aromatic nitrogens is 1. The molecule has 102 valence electrons. The normalized spacial score (nSPS) is 12.8. The zero-order valence-corrected chi connectivity index (χ0v) is 12.3. The molecule has 2 aromatic carbocycles. The minimum Gasteiger partial charge on any atom is -0.429 e. The predicted octanol–water partition coefficient (Wildman–Crippen LogP) is 4.24. The molecule has 0 aliphatic carbocycles. The number of aryl methyl sites for hydroxylation is 1. The van der Waals surface area contributed by atoms with Crippen molar-refractivity contribution < 1.29 is 9.52 Å². The summed E-state index contributed by atoms with van der Waals surface area (Å²) in [7, 11) is 1.85. The summed E-state index contributed by atoms with van der Waals surface area (Å²) in [5.41, 5.74) is 3.11. The maximum atomic E-state index is 10.4. The van der Waals surface area contributed by atoms with E-state index in [-0.39, 0.29) is 0 Å². The van der Waals surface area contributed by atoms with Crippen molar-refractivity contribution in [3.63, 3.8) is 0 Å². The van der Waals surface area contributed by atoms with E-state index in [1.54, 1.807) is 28.8 Å². The number of hydrogen-bond acceptors (Lipinski definition) is 3. The average molecular weight is 306 g/mol. The molecule has 1 N–H and O–H groups in total. The Hall–Kier alpha value is -1.62. The number of oxazole rings is 1. The predicted molar refractivity (Wildman–Crippen MR) is 81.5 cm³/mol. The first kappa shape index (κ1) is 13.4. The van der Waals surface area contributed by atoms with Crippen molar-refractivity contribution in [2.24, 2.45) is 7.05 Å². The van der Waals surface area contributed by atoms with E-state index in [2.05, 4.69) is 0 Å². The molecule has 0 aliphatic heterocycles. The van der Waals surface area contributed by atoms with Gasteiger partial charge in [0, 0.05) is 12.1 Å². The molecule has 0 amide bonds. The van der Waals surface area contributed by atoms with Crippen LogP contribution in [0.4, 0.5) is 0 Å². The van der Waals surface area contributed by atoms with Gasteiger partial charge in [0.2, 0.25) is 0 Å². The van der Waals surface area contributed by atoms with E-state index >= 15 is 0 Å². The molecule has 20 heavy (non-hydrogen) atoms. The van der Waals surface area contributed by atoms with Crippen molar-refractivity contribution in [3.05, 3.63) is 63.5 Å². The van der Waals surface area contributed by atoms with Crippen LogP contribution in [0.15, 0.2) is 46.9 Å². The maximum absolute atomic E-state index is 10.4. The smallest absolute Gasteiger partial charge is 0.269 e. The van der Waals surface area contributed by atoms with Crippen molar-refractivity contribution in [2.75, 3.05) is 0 Å². The molecule has 1 atom stereocenters. The quantitative estimate of drug-likeness (QED) is 0.720. The molecule has 0 radical (unpaired) electrons. The zero-order valence-electron chi connectivity index (χ0n) is 10.7. The van der Waals surface area contributed by atoms with Gasteiger partial charge in [-0.15, -0.1) is 0 Å². The van der Waals surface area contributed by atoms with Crippen molar-refractivity contribution in [2.45, 2.75) is 6.10 Å². The number of aliphatic hydroxyl groups excluding tert-OH is 1. The topological polar surface area (TPSA) is 38.3 Å². The van der Waals surface area contributed by atoms with E-state index in [9.17, 15) is 5.11 Å². The second-order valence-electron chi connectivity index (χ2n) is 4.61. The van der Waals surface area contributed by atoms with E-state index in [1.165, 1.54) is 0 Å². The van der Waals surface area contributed by atoms with Gasteiger partial charge in [-0.25, -0.2) is 0 Å². The molecule has 0 spiro atoms. The first-order valence-electron chi connectivity index (χ1n) is 6.09. The minimum atomic E-state index is -0.722. The summed E-state index contributed by atoms with van der Waals surface area (Å²) in [6.45, 7) is 0. The minimum absolute atomic E-state index is 0.415. The molecule has 5 heteroatoms. The highest BCUT2D eigenvalue weighted by atomic mass is 35.5. The lowest BCUT2D eigenvalue weighted by Gasteiger charge is -2.11. The lowest BCUT2D eigenvalue weighted by atomic mass is 10.0. The summed E-state index contributed by atoms with van der Waals surface area (Å²) in [4.78, 5) is 0.415. The Kier molecular flexibility index (Phi) is 3.38. The summed E-state index contributed by atoms with van der Waals surface area (Å²) >= 11 is 10.9. The fourth-order valence-corrected chi connectivity index (χ4v) is 2.47. The Bertz CT molecular complexity index is 820. The standard InChI is InChI=1S/C15H12ClNO2S/c1-17-12-7-4-10(8-13(12)19-15(17)20)14(18)9-2-5-11(16)6-3-9/h2-8,14,18H,1H3. The zero-order chi connectivity index (χ0) is 14.3. The highest BCUT2D eigenvalue weighted by molar-refractivity contribution is 7.71. The Morgan fingerprint density at radius 2 is 1.80 bits per heavy atom. The van der Waals surface area contributed by atoms with Gasteiger partial charge >= 0.3 is 0 Å². The van der Waals surface area contributed by atoms with Crippen molar-refractivity contribution in [1.82, 2.24) is 4.57 Å². The third-order valence-electron chi connectivity index (χ3n) is 3.32. The molecule has 3 rings (SSSR count). The second kappa shape index (κ2) is 5.05. The highest BCUT2D eigenvalue weighted by Gasteiger charge is 2.13. The van der Waals surface area contributed by atoms with Gasteiger partial charge in [-0.1, -0.05) is 29.8 Å². The third-order valence-corrected chi connectivity index (χ3v) is 3.93. The molecule has 0 bridgehead atoms. The maximum Gasteiger partial charge on any atom is 0.269 e. The van der Waals surface area contributed by atoms with Crippen molar-refractivity contribution >= 4 is 34.9 Å². The fraction of sp³-hybridized carbons (Fsp3) is 0.133. The van der Waals surface area contributed by atoms with Crippen LogP contribution in [0.1, 0.15) is 17.2 Å². The van der Waals surface area contributed by atoms with Crippen LogP contribution < -0.4 is 0 Å². The lowest BCUT2D eigenvalue weighted by Crippen LogP contribution is -1.99. The van der Waals surface area contributed by atoms with E-state index in [0.717, 1.165) is 16.6 Å². The van der Waals surface area contributed by atoms with E-state index in [1.807, 2.05) is 25.2 Å². The monoisotopic (exact) mass is 305 g/mol. The highest BCUT2D eigenvalue weighted by Crippen LogP contribution is 2.27. The van der Waals surface area contributed by atoms with E-state index in [0.29, 0.717) is 15.4 Å². The Labute approximate surface area is 126 Å². The van der Waals surface area contributed by atoms with Crippen LogP contribution in [0.2, 0.25) is 5.02 Å². The van der Waals surface area contributed by atoms with Gasteiger partial charge in [0.15, 0.2) is 5.58 Å². The Balaban J connectivity index is 2.05. The van der Waals surface area contributed by atoms with E-state index < -0.39 is 6.10 Å². The third kappa shape index (κ3) is 2.26. The van der Waals surface area contributed by atoms with Gasteiger partial charge in [-0.05, 0) is 47.6 Å². The van der Waals surface area contributed by atoms with Crippen LogP contribution in [-0.4, -0.2) is 9.67 Å². The molecular formula is C15H12ClNO2S. The van der Waals surface area contributed by atoms with Gasteiger partial charge in [0.1, 0.15) is 6.10 Å². The van der Waals surface area contributed by atoms with Crippen molar-refractivity contribution in [1.29, 1.82) is 0 Å². The molecule has 0 saturated heterocycles. The first-order valence-corrected chi connectivity index (χ1v) is 6.88. The Morgan fingerprint density at radius 1 is 1.15 bits per heavy atom. The number of hydrogen-bond donors (Lipinski definition) is 1. The fourth-order valence-electron chi connectivity index (χ4n) is 2.16. The second-order valence-corrected chi connectivity index (χ2v) is 5.39. The molecule has 3 aromatic rings. The number of halogens is 1. The van der Waals surface area contributed by atoms with Crippen LogP contribution >= 0.6 is 23.8 Å². The molecule has 1 unspecified atom stereocenters. The number of rotatable bonds is 2. The van der Waals surface area contributed by atoms with Crippen LogP contribution in [0.5, 0.6) is 0 Å².